The van der Waals surface area contributed by atoms with E-state index in [1.54, 1.807) is 0 Å². The van der Waals surface area contributed by atoms with Gasteiger partial charge in [-0.2, -0.15) is 0 Å². The van der Waals surface area contributed by atoms with Crippen LogP contribution in [0.2, 0.25) is 0 Å². The van der Waals surface area contributed by atoms with Crippen LogP contribution in [0.25, 0.3) is 0 Å². The summed E-state index contributed by atoms with van der Waals surface area (Å²) in [6, 6.07) is 0. The Labute approximate surface area is 97.7 Å². The van der Waals surface area contributed by atoms with E-state index in [0.29, 0.717) is 18.0 Å². The second-order valence-electron chi connectivity index (χ2n) is 4.30. The summed E-state index contributed by atoms with van der Waals surface area (Å²) in [4.78, 5) is 13.6. The van der Waals surface area contributed by atoms with Gasteiger partial charge < -0.3 is 9.84 Å². The van der Waals surface area contributed by atoms with Crippen molar-refractivity contribution < 1.29 is 14.6 Å². The molecule has 2 fully saturated rings. The van der Waals surface area contributed by atoms with Crippen molar-refractivity contribution in [1.82, 2.24) is 4.90 Å². The van der Waals surface area contributed by atoms with Crippen LogP contribution in [0.3, 0.4) is 0 Å². The van der Waals surface area contributed by atoms with Crippen LogP contribution < -0.4 is 0 Å². The molecule has 0 amide bonds. The minimum absolute atomic E-state index is 0.537. The highest BCUT2D eigenvalue weighted by molar-refractivity contribution is 9.09. The van der Waals surface area contributed by atoms with Gasteiger partial charge in [0.1, 0.15) is 0 Å². The van der Waals surface area contributed by atoms with Crippen molar-refractivity contribution in [2.45, 2.75) is 23.8 Å². The summed E-state index contributed by atoms with van der Waals surface area (Å²) in [5.74, 6) is -0.0411. The van der Waals surface area contributed by atoms with Crippen LogP contribution >= 0.6 is 15.9 Å². The van der Waals surface area contributed by atoms with Gasteiger partial charge in [0.05, 0.1) is 6.61 Å². The molecule has 15 heavy (non-hydrogen) atoms. The number of morpholine rings is 1. The lowest BCUT2D eigenvalue weighted by Gasteiger charge is -2.30. The normalized spacial score (nSPS) is 36.5. The predicted octanol–water partition coefficient (Wildman–Crippen LogP) is 0.945. The van der Waals surface area contributed by atoms with E-state index in [2.05, 4.69) is 20.8 Å². The molecule has 1 N–H and O–H groups in total. The molecule has 1 saturated heterocycles. The Bertz CT molecular complexity index is 249. The van der Waals surface area contributed by atoms with Crippen LogP contribution in [-0.4, -0.2) is 53.1 Å². The molecule has 4 nitrogen and oxygen atoms in total. The van der Waals surface area contributed by atoms with Crippen molar-refractivity contribution in [1.29, 1.82) is 0 Å². The summed E-state index contributed by atoms with van der Waals surface area (Å²) in [5.41, 5.74) is 0. The molecular weight excluding hydrogens is 262 g/mol. The first-order valence-corrected chi connectivity index (χ1v) is 6.29. The number of alkyl halides is 1. The first-order valence-electron chi connectivity index (χ1n) is 5.37. The number of carboxylic acids is 1. The molecule has 1 saturated carbocycles. The van der Waals surface area contributed by atoms with Gasteiger partial charge in [-0.25, -0.2) is 4.79 Å². The molecule has 0 spiro atoms. The van der Waals surface area contributed by atoms with Gasteiger partial charge in [0.2, 0.25) is 0 Å². The fourth-order valence-corrected chi connectivity index (χ4v) is 2.66. The predicted molar refractivity (Wildman–Crippen MR) is 59.3 cm³/mol. The minimum atomic E-state index is -0.843. The number of hydrogen-bond donors (Lipinski definition) is 1. The molecule has 2 rings (SSSR count). The van der Waals surface area contributed by atoms with Crippen molar-refractivity contribution in [2.24, 2.45) is 5.92 Å². The first-order chi connectivity index (χ1) is 7.16. The van der Waals surface area contributed by atoms with E-state index in [1.807, 2.05) is 0 Å². The van der Waals surface area contributed by atoms with Gasteiger partial charge in [0.25, 0.3) is 0 Å². The van der Waals surface area contributed by atoms with E-state index < -0.39 is 12.1 Å². The minimum Gasteiger partial charge on any atom is -0.479 e. The molecule has 0 radical (unpaired) electrons. The van der Waals surface area contributed by atoms with Crippen LogP contribution in [-0.2, 0) is 9.53 Å². The van der Waals surface area contributed by atoms with Gasteiger partial charge >= 0.3 is 5.97 Å². The Hall–Kier alpha value is -0.130. The fourth-order valence-electron chi connectivity index (χ4n) is 1.91. The Morgan fingerprint density at radius 1 is 1.60 bits per heavy atom. The number of rotatable bonds is 4. The monoisotopic (exact) mass is 277 g/mol. The fraction of sp³-hybridized carbons (Fsp3) is 0.900. The maximum Gasteiger partial charge on any atom is 0.334 e. The van der Waals surface area contributed by atoms with Crippen molar-refractivity contribution >= 4 is 21.9 Å². The van der Waals surface area contributed by atoms with Gasteiger partial charge in [-0.3, -0.25) is 4.90 Å². The Morgan fingerprint density at radius 3 is 2.93 bits per heavy atom. The molecule has 0 aromatic carbocycles. The van der Waals surface area contributed by atoms with Gasteiger partial charge in [-0.05, 0) is 25.3 Å². The van der Waals surface area contributed by atoms with Crippen LogP contribution in [0, 0.1) is 5.92 Å². The Kier molecular flexibility index (Phi) is 3.64. The molecule has 0 bridgehead atoms. The molecule has 1 heterocycles. The molecule has 1 aliphatic carbocycles. The number of carboxylic acid groups (broad SMARTS) is 1. The van der Waals surface area contributed by atoms with Crippen LogP contribution in [0.5, 0.6) is 0 Å². The molecule has 86 valence electrons. The molecule has 2 aliphatic rings. The van der Waals surface area contributed by atoms with E-state index >= 15 is 0 Å². The topological polar surface area (TPSA) is 49.8 Å². The van der Waals surface area contributed by atoms with Gasteiger partial charge in [0, 0.05) is 17.9 Å². The first kappa shape index (κ1) is 11.4. The van der Waals surface area contributed by atoms with Crippen molar-refractivity contribution in [3.63, 3.8) is 0 Å². The number of halogens is 1. The van der Waals surface area contributed by atoms with E-state index in [9.17, 15) is 4.79 Å². The van der Waals surface area contributed by atoms with Crippen LogP contribution in [0.1, 0.15) is 12.8 Å². The zero-order chi connectivity index (χ0) is 10.8. The number of nitrogens with zero attached hydrogens (tertiary/aromatic N) is 1. The molecule has 0 aromatic heterocycles. The summed E-state index contributed by atoms with van der Waals surface area (Å²) in [5, 5.41) is 8.83. The van der Waals surface area contributed by atoms with Crippen molar-refractivity contribution in [3.05, 3.63) is 0 Å². The average Bonchev–Trinajstić information content (AvgIpc) is 2.92. The smallest absolute Gasteiger partial charge is 0.334 e. The van der Waals surface area contributed by atoms with E-state index in [1.165, 1.54) is 12.8 Å². The Balaban J connectivity index is 1.70. The van der Waals surface area contributed by atoms with Gasteiger partial charge in [0.15, 0.2) is 6.10 Å². The molecular formula is C10H16BrNO3. The quantitative estimate of drug-likeness (QED) is 0.778. The lowest BCUT2D eigenvalue weighted by Crippen LogP contribution is -2.46. The second-order valence-corrected chi connectivity index (χ2v) is 5.47. The number of aliphatic carboxylic acids is 1. The highest BCUT2D eigenvalue weighted by Crippen LogP contribution is 2.40. The van der Waals surface area contributed by atoms with E-state index in [-0.39, 0.29) is 0 Å². The molecule has 5 heteroatoms. The summed E-state index contributed by atoms with van der Waals surface area (Å²) < 4.78 is 5.16. The molecule has 3 unspecified atom stereocenters. The third-order valence-corrected chi connectivity index (χ3v) is 4.20. The van der Waals surface area contributed by atoms with E-state index in [0.717, 1.165) is 19.0 Å². The average molecular weight is 278 g/mol. The second kappa shape index (κ2) is 4.80. The number of carbonyl (C=O) groups is 1. The van der Waals surface area contributed by atoms with Crippen LogP contribution in [0.15, 0.2) is 0 Å². The van der Waals surface area contributed by atoms with E-state index in [4.69, 9.17) is 9.84 Å². The van der Waals surface area contributed by atoms with Crippen LogP contribution in [0.4, 0.5) is 0 Å². The SMILES string of the molecule is O=C(O)C1CN(CCC2CC2Br)CCO1. The van der Waals surface area contributed by atoms with Crippen molar-refractivity contribution in [3.8, 4) is 0 Å². The molecule has 0 aromatic rings. The van der Waals surface area contributed by atoms with Crippen molar-refractivity contribution in [2.75, 3.05) is 26.2 Å². The summed E-state index contributed by atoms with van der Waals surface area (Å²) in [7, 11) is 0. The molecule has 3 atom stereocenters. The van der Waals surface area contributed by atoms with Gasteiger partial charge in [-0.15, -0.1) is 0 Å². The maximum absolute atomic E-state index is 10.7. The standard InChI is InChI=1S/C10H16BrNO3/c11-8-5-7(8)1-2-12-3-4-15-9(6-12)10(13)14/h7-9H,1-6H2,(H,13,14). The summed E-state index contributed by atoms with van der Waals surface area (Å²) in [6.07, 6.45) is 1.81. The highest BCUT2D eigenvalue weighted by atomic mass is 79.9. The number of hydrogen-bond acceptors (Lipinski definition) is 3. The third-order valence-electron chi connectivity index (χ3n) is 3.08. The zero-order valence-electron chi connectivity index (χ0n) is 8.56. The summed E-state index contributed by atoms with van der Waals surface area (Å²) in [6.45, 7) is 2.94. The highest BCUT2D eigenvalue weighted by Gasteiger charge is 2.35. The maximum atomic E-state index is 10.7. The summed E-state index contributed by atoms with van der Waals surface area (Å²) >= 11 is 3.57. The van der Waals surface area contributed by atoms with Gasteiger partial charge in [-0.1, -0.05) is 15.9 Å². The Morgan fingerprint density at radius 2 is 2.33 bits per heavy atom. The third kappa shape index (κ3) is 3.16. The lowest BCUT2D eigenvalue weighted by molar-refractivity contribution is -0.156. The molecule has 1 aliphatic heterocycles. The number of ether oxygens (including phenoxy) is 1. The zero-order valence-corrected chi connectivity index (χ0v) is 10.1. The lowest BCUT2D eigenvalue weighted by atomic mass is 10.2. The largest absolute Gasteiger partial charge is 0.479 e.